The van der Waals surface area contributed by atoms with Crippen LogP contribution in [0.25, 0.3) is 0 Å². The lowest BCUT2D eigenvalue weighted by Crippen LogP contribution is -2.81. The van der Waals surface area contributed by atoms with E-state index in [0.29, 0.717) is 5.56 Å². The average molecular weight is 808 g/mol. The van der Waals surface area contributed by atoms with Crippen LogP contribution in [0.3, 0.4) is 0 Å². The summed E-state index contributed by atoms with van der Waals surface area (Å²) in [6.45, 7) is 11.8. The molecule has 2 saturated carbocycles. The number of hydrogen-bond donors (Lipinski definition) is 5. The largest absolute Gasteiger partial charge is 0.456 e. The first-order valence-electron chi connectivity index (χ1n) is 19.3. The van der Waals surface area contributed by atoms with E-state index in [0.717, 1.165) is 6.92 Å². The van der Waals surface area contributed by atoms with Crippen molar-refractivity contribution in [3.05, 3.63) is 82.9 Å². The molecule has 3 aliphatic carbocycles. The minimum Gasteiger partial charge on any atom is -0.456 e. The molecule has 3 fully saturated rings. The molecule has 2 bridgehead atoms. The van der Waals surface area contributed by atoms with Crippen LogP contribution in [0.1, 0.15) is 90.2 Å². The van der Waals surface area contributed by atoms with Crippen molar-refractivity contribution in [3.63, 3.8) is 0 Å². The van der Waals surface area contributed by atoms with Gasteiger partial charge in [-0.2, -0.15) is 0 Å². The molecule has 58 heavy (non-hydrogen) atoms. The molecule has 1 amide bonds. The maximum absolute atomic E-state index is 14.9. The number of Topliss-reactive ketones (excluding diaryl/α,β-unsaturated/α-hetero) is 1. The van der Waals surface area contributed by atoms with Crippen molar-refractivity contribution in [2.45, 2.75) is 128 Å². The number of ether oxygens (including phenoxy) is 5. The molecule has 5 N–H and O–H groups in total. The minimum atomic E-state index is -2.35. The summed E-state index contributed by atoms with van der Waals surface area (Å²) in [5.74, 6) is -5.36. The van der Waals surface area contributed by atoms with E-state index in [1.807, 2.05) is 0 Å². The van der Waals surface area contributed by atoms with Crippen molar-refractivity contribution >= 4 is 29.8 Å². The molecule has 2 aromatic rings. The van der Waals surface area contributed by atoms with Gasteiger partial charge in [0.2, 0.25) is 0 Å². The summed E-state index contributed by atoms with van der Waals surface area (Å²) in [5, 5.41) is 51.6. The fourth-order valence-electron chi connectivity index (χ4n) is 9.56. The van der Waals surface area contributed by atoms with Crippen molar-refractivity contribution in [3.8, 4) is 0 Å². The summed E-state index contributed by atoms with van der Waals surface area (Å²) in [7, 11) is 0. The van der Waals surface area contributed by atoms with E-state index in [4.69, 9.17) is 23.7 Å². The number of rotatable bonds is 8. The Morgan fingerprint density at radius 1 is 0.948 bits per heavy atom. The standard InChI is InChI=1S/C43H53NO14/c1-22-26(55-37(51)32(48)30(24-15-11-9-12-16-24)44-38(52)58-39(3,4)5)20-43(53)35(56-36(50)25-17-13-10-14-18-25)33-41(8,34(49)31(47)29(22)40(43,6)7)27(46)19-28-42(33,21-54-28)57-23(2)45/h9-18,26-28,30-33,35,46-48,53H,19-21H2,1-8H3,(H,44,52)/t26-,27-,28+,30+,31+,32?,33-,35-,41+,42-,43+/m0/s1. The number of nitrogens with one attached hydrogen (secondary N) is 1. The second kappa shape index (κ2) is 15.2. The monoisotopic (exact) mass is 807 g/mol. The Morgan fingerprint density at radius 2 is 1.55 bits per heavy atom. The predicted octanol–water partition coefficient (Wildman–Crippen LogP) is 3.26. The maximum Gasteiger partial charge on any atom is 0.408 e. The van der Waals surface area contributed by atoms with Gasteiger partial charge >= 0.3 is 24.0 Å². The van der Waals surface area contributed by atoms with E-state index in [2.05, 4.69) is 5.32 Å². The van der Waals surface area contributed by atoms with Crippen molar-refractivity contribution in [1.29, 1.82) is 0 Å². The zero-order valence-corrected chi connectivity index (χ0v) is 33.9. The Balaban J connectivity index is 1.49. The smallest absolute Gasteiger partial charge is 0.408 e. The van der Waals surface area contributed by atoms with E-state index < -0.39 is 112 Å². The second-order valence-electron chi connectivity index (χ2n) is 17.6. The molecule has 4 aliphatic rings. The molecular formula is C43H53NO14. The number of carbonyl (C=O) groups is 5. The van der Waals surface area contributed by atoms with Gasteiger partial charge in [-0.1, -0.05) is 62.4 Å². The molecule has 0 spiro atoms. The minimum absolute atomic E-state index is 0.0637. The summed E-state index contributed by atoms with van der Waals surface area (Å²) in [6.07, 6.45) is -11.5. The van der Waals surface area contributed by atoms with Gasteiger partial charge in [-0.25, -0.2) is 14.4 Å². The first kappa shape index (κ1) is 42.9. The Bertz CT molecular complexity index is 1980. The highest BCUT2D eigenvalue weighted by Gasteiger charge is 2.78. The van der Waals surface area contributed by atoms with Gasteiger partial charge in [0.05, 0.1) is 35.6 Å². The Morgan fingerprint density at radius 3 is 2.10 bits per heavy atom. The summed E-state index contributed by atoms with van der Waals surface area (Å²) in [4.78, 5) is 68.9. The maximum atomic E-state index is 14.9. The first-order chi connectivity index (χ1) is 27.0. The lowest BCUT2D eigenvalue weighted by Gasteiger charge is -2.67. The van der Waals surface area contributed by atoms with Crippen LogP contribution < -0.4 is 5.32 Å². The number of hydrogen-bond acceptors (Lipinski definition) is 14. The van der Waals surface area contributed by atoms with E-state index in [1.165, 1.54) is 26.0 Å². The molecule has 6 rings (SSSR count). The van der Waals surface area contributed by atoms with Gasteiger partial charge in [-0.05, 0) is 63.5 Å². The van der Waals surface area contributed by atoms with Crippen LogP contribution >= 0.6 is 0 Å². The third kappa shape index (κ3) is 7.10. The number of alkyl carbamates (subject to hydrolysis) is 1. The quantitative estimate of drug-likeness (QED) is 0.147. The number of aliphatic hydroxyl groups excluding tert-OH is 3. The van der Waals surface area contributed by atoms with Gasteiger partial charge in [0.1, 0.15) is 35.6 Å². The molecule has 1 saturated heterocycles. The number of amides is 1. The van der Waals surface area contributed by atoms with Crippen LogP contribution in [0.4, 0.5) is 4.79 Å². The average Bonchev–Trinajstić information content (AvgIpc) is 3.14. The number of esters is 3. The fraction of sp³-hybridized carbons (Fsp3) is 0.558. The number of carbonyl (C=O) groups excluding carboxylic acids is 5. The lowest BCUT2D eigenvalue weighted by molar-refractivity contribution is -0.346. The summed E-state index contributed by atoms with van der Waals surface area (Å²) in [6, 6.07) is 14.6. The van der Waals surface area contributed by atoms with Crippen LogP contribution in [-0.2, 0) is 38.1 Å². The number of benzene rings is 2. The normalized spacial score (nSPS) is 33.7. The summed E-state index contributed by atoms with van der Waals surface area (Å²) in [5.41, 5.74) is -8.14. The third-order valence-corrected chi connectivity index (χ3v) is 12.6. The van der Waals surface area contributed by atoms with E-state index >= 15 is 0 Å². The van der Waals surface area contributed by atoms with Gasteiger partial charge in [-0.3, -0.25) is 9.59 Å². The third-order valence-electron chi connectivity index (χ3n) is 12.6. The molecule has 1 heterocycles. The van der Waals surface area contributed by atoms with Crippen molar-refractivity contribution in [2.75, 3.05) is 6.61 Å². The molecule has 2 aromatic carbocycles. The topological polar surface area (TPSA) is 224 Å². The van der Waals surface area contributed by atoms with Crippen molar-refractivity contribution in [2.24, 2.45) is 16.7 Å². The molecule has 15 nitrogen and oxygen atoms in total. The fourth-order valence-corrected chi connectivity index (χ4v) is 9.56. The van der Waals surface area contributed by atoms with E-state index in [-0.39, 0.29) is 29.7 Å². The lowest BCUT2D eigenvalue weighted by atomic mass is 9.44. The Labute approximate surface area is 336 Å². The van der Waals surface area contributed by atoms with Gasteiger partial charge in [0.25, 0.3) is 0 Å². The zero-order chi connectivity index (χ0) is 42.7. The van der Waals surface area contributed by atoms with Crippen LogP contribution in [0, 0.1) is 16.7 Å². The highest BCUT2D eigenvalue weighted by molar-refractivity contribution is 5.94. The number of fused-ring (bicyclic) bond motifs is 5. The predicted molar refractivity (Wildman–Crippen MR) is 204 cm³/mol. The summed E-state index contributed by atoms with van der Waals surface area (Å²) < 4.78 is 29.5. The van der Waals surface area contributed by atoms with Gasteiger partial charge in [-0.15, -0.1) is 0 Å². The molecule has 1 unspecified atom stereocenters. The second-order valence-corrected chi connectivity index (χ2v) is 17.6. The molecule has 0 aromatic heterocycles. The summed E-state index contributed by atoms with van der Waals surface area (Å²) >= 11 is 0. The van der Waals surface area contributed by atoms with Crippen molar-refractivity contribution < 1.29 is 68.1 Å². The van der Waals surface area contributed by atoms with Gasteiger partial charge < -0.3 is 49.4 Å². The molecule has 314 valence electrons. The Kier molecular flexibility index (Phi) is 11.2. The zero-order valence-electron chi connectivity index (χ0n) is 33.9. The van der Waals surface area contributed by atoms with Gasteiger partial charge in [0, 0.05) is 25.2 Å². The molecule has 15 heteroatoms. The number of ketones is 1. The molecule has 11 atom stereocenters. The van der Waals surface area contributed by atoms with Crippen LogP contribution in [0.5, 0.6) is 0 Å². The number of aliphatic hydroxyl groups is 4. The highest BCUT2D eigenvalue weighted by Crippen LogP contribution is 2.64. The molecule has 1 aliphatic heterocycles. The first-order valence-corrected chi connectivity index (χ1v) is 19.3. The van der Waals surface area contributed by atoms with Crippen LogP contribution in [-0.4, -0.2) is 110 Å². The van der Waals surface area contributed by atoms with E-state index in [1.54, 1.807) is 83.1 Å². The van der Waals surface area contributed by atoms with Crippen LogP contribution in [0.2, 0.25) is 0 Å². The molecule has 0 radical (unpaired) electrons. The highest BCUT2D eigenvalue weighted by atomic mass is 16.6. The van der Waals surface area contributed by atoms with Gasteiger partial charge in [0.15, 0.2) is 17.5 Å². The van der Waals surface area contributed by atoms with Crippen LogP contribution in [0.15, 0.2) is 71.8 Å². The molecular weight excluding hydrogens is 754 g/mol. The van der Waals surface area contributed by atoms with E-state index in [9.17, 15) is 44.4 Å². The SMILES string of the molecule is CC(=O)O[C@@]12CO[C@@H]1C[C@H](O)[C@@]1(C)C(=O)[C@H](O)C3=C(C)[C@@H](OC(=O)C(O)[C@H](NC(=O)OC(C)(C)C)c4ccccc4)C[C@@](O)([C@@H](OC(=O)c4ccccc4)[C@H]21)C3(C)C. The van der Waals surface area contributed by atoms with Crippen molar-refractivity contribution in [1.82, 2.24) is 5.32 Å². The Hall–Kier alpha value is -4.67.